The average Bonchev–Trinajstić information content (AvgIpc) is 2.44. The lowest BCUT2D eigenvalue weighted by Crippen LogP contribution is -2.29. The maximum absolute atomic E-state index is 12.7. The summed E-state index contributed by atoms with van der Waals surface area (Å²) in [7, 11) is 0. The number of anilines is 1. The molecule has 0 radical (unpaired) electrons. The van der Waals surface area contributed by atoms with Crippen LogP contribution in [0.4, 0.5) is 10.1 Å². The highest BCUT2D eigenvalue weighted by Gasteiger charge is 2.36. The summed E-state index contributed by atoms with van der Waals surface area (Å²) in [5.74, 6) is -1.10. The molecule has 78 valence electrons. The Labute approximate surface area is 86.5 Å². The molecule has 1 aromatic carbocycles. The molecule has 0 N–H and O–H groups in total. The highest BCUT2D eigenvalue weighted by molar-refractivity contribution is 6.20. The zero-order chi connectivity index (χ0) is 11.0. The molecule has 0 saturated carbocycles. The molecule has 0 bridgehead atoms. The lowest BCUT2D eigenvalue weighted by molar-refractivity contribution is -0.122. The quantitative estimate of drug-likeness (QED) is 0.657. The molecule has 1 saturated heterocycles. The third-order valence-corrected chi connectivity index (χ3v) is 2.46. The van der Waals surface area contributed by atoms with Gasteiger partial charge in [-0.2, -0.15) is 0 Å². The number of carbonyl (C=O) groups is 2. The lowest BCUT2D eigenvalue weighted by atomic mass is 10.1. The third-order valence-electron chi connectivity index (χ3n) is 2.46. The van der Waals surface area contributed by atoms with E-state index in [2.05, 4.69) is 0 Å². The number of hydrogen-bond acceptors (Lipinski definition) is 2. The van der Waals surface area contributed by atoms with Crippen LogP contribution in [0.25, 0.3) is 0 Å². The van der Waals surface area contributed by atoms with Crippen LogP contribution in [0.5, 0.6) is 0 Å². The van der Waals surface area contributed by atoms with Crippen molar-refractivity contribution in [2.75, 3.05) is 4.90 Å². The van der Waals surface area contributed by atoms with Gasteiger partial charge in [0.1, 0.15) is 5.82 Å². The van der Waals surface area contributed by atoms with Gasteiger partial charge in [0, 0.05) is 12.3 Å². The molecule has 1 fully saturated rings. The number of carbonyl (C=O) groups excluding carboxylic acids is 2. The topological polar surface area (TPSA) is 37.4 Å². The highest BCUT2D eigenvalue weighted by atomic mass is 19.1. The first-order valence-corrected chi connectivity index (χ1v) is 4.72. The Kier molecular flexibility index (Phi) is 2.26. The summed E-state index contributed by atoms with van der Waals surface area (Å²) < 4.78 is 12.7. The number of halogens is 1. The molecule has 2 rings (SSSR count). The molecule has 0 aliphatic carbocycles. The van der Waals surface area contributed by atoms with Gasteiger partial charge in [0.05, 0.1) is 5.69 Å². The van der Waals surface area contributed by atoms with Gasteiger partial charge in [-0.1, -0.05) is 6.92 Å². The van der Waals surface area contributed by atoms with Gasteiger partial charge in [0.15, 0.2) is 0 Å². The van der Waals surface area contributed by atoms with E-state index in [-0.39, 0.29) is 30.0 Å². The molecule has 3 nitrogen and oxygen atoms in total. The molecule has 2 amide bonds. The normalized spacial score (nSPS) is 21.2. The zero-order valence-corrected chi connectivity index (χ0v) is 8.24. The maximum Gasteiger partial charge on any atom is 0.237 e. The molecule has 15 heavy (non-hydrogen) atoms. The van der Waals surface area contributed by atoms with Crippen molar-refractivity contribution in [3.63, 3.8) is 0 Å². The lowest BCUT2D eigenvalue weighted by Gasteiger charge is -2.13. The van der Waals surface area contributed by atoms with Crippen molar-refractivity contribution >= 4 is 17.5 Å². The van der Waals surface area contributed by atoms with Crippen LogP contribution >= 0.6 is 0 Å². The van der Waals surface area contributed by atoms with Crippen molar-refractivity contribution in [3.8, 4) is 0 Å². The van der Waals surface area contributed by atoms with Crippen LogP contribution in [0.3, 0.4) is 0 Å². The van der Waals surface area contributed by atoms with E-state index in [9.17, 15) is 14.0 Å². The number of nitrogens with zero attached hydrogens (tertiary/aromatic N) is 1. The van der Waals surface area contributed by atoms with Crippen LogP contribution in [-0.4, -0.2) is 11.8 Å². The van der Waals surface area contributed by atoms with Crippen molar-refractivity contribution in [1.29, 1.82) is 0 Å². The summed E-state index contributed by atoms with van der Waals surface area (Å²) in [6.07, 6.45) is 0.232. The number of hydrogen-bond donors (Lipinski definition) is 0. The van der Waals surface area contributed by atoms with Crippen molar-refractivity contribution < 1.29 is 14.0 Å². The van der Waals surface area contributed by atoms with Crippen LogP contribution < -0.4 is 4.90 Å². The van der Waals surface area contributed by atoms with E-state index in [1.54, 1.807) is 6.92 Å². The molecule has 1 aliphatic heterocycles. The van der Waals surface area contributed by atoms with Gasteiger partial charge >= 0.3 is 0 Å². The van der Waals surface area contributed by atoms with Gasteiger partial charge in [-0.05, 0) is 24.3 Å². The molecule has 1 heterocycles. The molecule has 1 atom stereocenters. The Morgan fingerprint density at radius 2 is 1.87 bits per heavy atom. The zero-order valence-electron chi connectivity index (χ0n) is 8.24. The number of benzene rings is 1. The predicted molar refractivity (Wildman–Crippen MR) is 52.7 cm³/mol. The Balaban J connectivity index is 2.35. The molecular weight excluding hydrogens is 197 g/mol. The maximum atomic E-state index is 12.7. The Bertz CT molecular complexity index is 413. The number of imide groups is 1. The fourth-order valence-electron chi connectivity index (χ4n) is 1.65. The average molecular weight is 207 g/mol. The Morgan fingerprint density at radius 1 is 1.27 bits per heavy atom. The summed E-state index contributed by atoms with van der Waals surface area (Å²) in [6, 6.07) is 5.34. The molecule has 0 aromatic heterocycles. The molecule has 0 spiro atoms. The van der Waals surface area contributed by atoms with Crippen molar-refractivity contribution in [3.05, 3.63) is 30.1 Å². The van der Waals surface area contributed by atoms with E-state index in [4.69, 9.17) is 0 Å². The summed E-state index contributed by atoms with van der Waals surface area (Å²) in [6.45, 7) is 1.71. The summed E-state index contributed by atoms with van der Waals surface area (Å²) in [5, 5.41) is 0. The second-order valence-electron chi connectivity index (χ2n) is 3.65. The first-order valence-electron chi connectivity index (χ1n) is 4.72. The van der Waals surface area contributed by atoms with Crippen LogP contribution in [-0.2, 0) is 9.59 Å². The summed E-state index contributed by atoms with van der Waals surface area (Å²) >= 11 is 0. The Morgan fingerprint density at radius 3 is 2.33 bits per heavy atom. The standard InChI is InChI=1S/C11H10FNO2/c1-7-6-10(14)13(11(7)15)9-4-2-8(12)3-5-9/h2-5,7H,6H2,1H3/t7-/m1/s1. The van der Waals surface area contributed by atoms with Crippen LogP contribution in [0.15, 0.2) is 24.3 Å². The molecule has 4 heteroatoms. The summed E-state index contributed by atoms with van der Waals surface area (Å²) in [4.78, 5) is 24.2. The minimum Gasteiger partial charge on any atom is -0.274 e. The minimum absolute atomic E-state index is 0.216. The number of amides is 2. The highest BCUT2D eigenvalue weighted by Crippen LogP contribution is 2.25. The van der Waals surface area contributed by atoms with Crippen molar-refractivity contribution in [1.82, 2.24) is 0 Å². The van der Waals surface area contributed by atoms with Crippen LogP contribution in [0.1, 0.15) is 13.3 Å². The van der Waals surface area contributed by atoms with Crippen LogP contribution in [0.2, 0.25) is 0 Å². The van der Waals surface area contributed by atoms with E-state index in [1.165, 1.54) is 24.3 Å². The fourth-order valence-corrected chi connectivity index (χ4v) is 1.65. The molecule has 0 unspecified atom stereocenters. The molecule has 1 aromatic rings. The predicted octanol–water partition coefficient (Wildman–Crippen LogP) is 1.73. The van der Waals surface area contributed by atoms with E-state index < -0.39 is 0 Å². The van der Waals surface area contributed by atoms with E-state index in [0.717, 1.165) is 4.90 Å². The van der Waals surface area contributed by atoms with Gasteiger partial charge in [-0.15, -0.1) is 0 Å². The fraction of sp³-hybridized carbons (Fsp3) is 0.273. The van der Waals surface area contributed by atoms with E-state index in [1.807, 2.05) is 0 Å². The second kappa shape index (κ2) is 3.46. The second-order valence-corrected chi connectivity index (χ2v) is 3.65. The first-order chi connectivity index (χ1) is 7.09. The van der Waals surface area contributed by atoms with Crippen molar-refractivity contribution in [2.45, 2.75) is 13.3 Å². The molecule has 1 aliphatic rings. The SMILES string of the molecule is C[C@@H]1CC(=O)N(c2ccc(F)cc2)C1=O. The minimum atomic E-state index is -0.383. The summed E-state index contributed by atoms with van der Waals surface area (Å²) in [5.41, 5.74) is 0.441. The Hall–Kier alpha value is -1.71. The molecular formula is C11H10FNO2. The van der Waals surface area contributed by atoms with E-state index >= 15 is 0 Å². The third kappa shape index (κ3) is 1.63. The van der Waals surface area contributed by atoms with Gasteiger partial charge in [-0.3, -0.25) is 14.5 Å². The largest absolute Gasteiger partial charge is 0.274 e. The van der Waals surface area contributed by atoms with E-state index in [0.29, 0.717) is 5.69 Å². The van der Waals surface area contributed by atoms with Gasteiger partial charge in [-0.25, -0.2) is 4.39 Å². The number of rotatable bonds is 1. The van der Waals surface area contributed by atoms with Crippen molar-refractivity contribution in [2.24, 2.45) is 5.92 Å². The first kappa shape index (κ1) is 9.83. The van der Waals surface area contributed by atoms with Gasteiger partial charge in [0.2, 0.25) is 11.8 Å². The smallest absolute Gasteiger partial charge is 0.237 e. The van der Waals surface area contributed by atoms with Crippen LogP contribution in [0, 0.1) is 11.7 Å². The van der Waals surface area contributed by atoms with Gasteiger partial charge in [0.25, 0.3) is 0 Å². The van der Waals surface area contributed by atoms with Gasteiger partial charge < -0.3 is 0 Å². The monoisotopic (exact) mass is 207 g/mol.